The molecule has 2 aromatic heterocycles. The third-order valence-electron chi connectivity index (χ3n) is 3.93. The van der Waals surface area contributed by atoms with Gasteiger partial charge in [0.2, 0.25) is 6.41 Å². The lowest BCUT2D eigenvalue weighted by Crippen LogP contribution is -2.43. The molecular formula is C19H19N5O3. The van der Waals surface area contributed by atoms with Crippen molar-refractivity contribution in [1.29, 1.82) is 0 Å². The van der Waals surface area contributed by atoms with Crippen molar-refractivity contribution in [3.63, 3.8) is 0 Å². The van der Waals surface area contributed by atoms with Gasteiger partial charge in [-0.25, -0.2) is 0 Å². The van der Waals surface area contributed by atoms with Crippen LogP contribution in [0.1, 0.15) is 21.7 Å². The molecule has 0 radical (unpaired) electrons. The molecule has 3 aromatic rings. The lowest BCUT2D eigenvalue weighted by molar-refractivity contribution is -0.109. The summed E-state index contributed by atoms with van der Waals surface area (Å²) in [6, 6.07) is 14.5. The average Bonchev–Trinajstić information content (AvgIpc) is 3.19. The van der Waals surface area contributed by atoms with Crippen LogP contribution < -0.4 is 15.2 Å². The fourth-order valence-electron chi connectivity index (χ4n) is 2.58. The summed E-state index contributed by atoms with van der Waals surface area (Å²) >= 11 is 0. The molecule has 0 saturated carbocycles. The molecular weight excluding hydrogens is 346 g/mol. The first kappa shape index (κ1) is 18.1. The Morgan fingerprint density at radius 1 is 1.22 bits per heavy atom. The van der Waals surface area contributed by atoms with E-state index in [1.807, 2.05) is 24.3 Å². The molecule has 0 atom stereocenters. The van der Waals surface area contributed by atoms with Crippen LogP contribution in [0.2, 0.25) is 0 Å². The largest absolute Gasteiger partial charge is 0.497 e. The van der Waals surface area contributed by atoms with Gasteiger partial charge in [0, 0.05) is 18.0 Å². The molecule has 0 spiro atoms. The van der Waals surface area contributed by atoms with Crippen molar-refractivity contribution in [3.05, 3.63) is 71.7 Å². The number of H-pyrrole nitrogens is 1. The summed E-state index contributed by atoms with van der Waals surface area (Å²) in [7, 11) is 1.63. The summed E-state index contributed by atoms with van der Waals surface area (Å²) in [4.78, 5) is 27.5. The Balaban J connectivity index is 1.72. The van der Waals surface area contributed by atoms with Crippen molar-refractivity contribution in [2.45, 2.75) is 12.8 Å². The normalized spacial score (nSPS) is 10.3. The van der Waals surface area contributed by atoms with E-state index in [0.717, 1.165) is 28.4 Å². The van der Waals surface area contributed by atoms with Crippen molar-refractivity contribution in [2.75, 3.05) is 12.1 Å². The molecule has 0 bridgehead atoms. The molecule has 0 aliphatic carbocycles. The van der Waals surface area contributed by atoms with Gasteiger partial charge in [0.05, 0.1) is 7.11 Å². The van der Waals surface area contributed by atoms with E-state index >= 15 is 0 Å². The Morgan fingerprint density at radius 2 is 2.11 bits per heavy atom. The number of aromatic nitrogens is 3. The van der Waals surface area contributed by atoms with Gasteiger partial charge in [0.1, 0.15) is 11.4 Å². The maximum atomic E-state index is 12.6. The van der Waals surface area contributed by atoms with Gasteiger partial charge in [-0.15, -0.1) is 0 Å². The first-order valence-corrected chi connectivity index (χ1v) is 8.34. The van der Waals surface area contributed by atoms with E-state index in [1.54, 1.807) is 31.4 Å². The zero-order valence-corrected chi connectivity index (χ0v) is 14.8. The van der Waals surface area contributed by atoms with Crippen LogP contribution >= 0.6 is 0 Å². The van der Waals surface area contributed by atoms with Crippen LogP contribution in [-0.2, 0) is 17.6 Å². The van der Waals surface area contributed by atoms with Gasteiger partial charge in [-0.05, 0) is 42.7 Å². The molecule has 27 heavy (non-hydrogen) atoms. The number of hydrazine groups is 1. The molecule has 138 valence electrons. The SMILES string of the molecule is COc1cccc(CCc2cc(N(NC=O)C(=O)c3ccccn3)n[nH]2)c1. The number of benzene rings is 1. The van der Waals surface area contributed by atoms with E-state index in [1.165, 1.54) is 6.20 Å². The highest BCUT2D eigenvalue weighted by atomic mass is 16.5. The van der Waals surface area contributed by atoms with Crippen LogP contribution in [0.4, 0.5) is 5.82 Å². The fraction of sp³-hybridized carbons (Fsp3) is 0.158. The molecule has 2 heterocycles. The predicted octanol–water partition coefficient (Wildman–Crippen LogP) is 1.91. The van der Waals surface area contributed by atoms with E-state index in [4.69, 9.17) is 4.74 Å². The van der Waals surface area contributed by atoms with E-state index in [-0.39, 0.29) is 5.69 Å². The number of ether oxygens (including phenoxy) is 1. The second kappa shape index (κ2) is 8.61. The Hall–Kier alpha value is -3.68. The number of pyridine rings is 1. The summed E-state index contributed by atoms with van der Waals surface area (Å²) < 4.78 is 5.23. The summed E-state index contributed by atoms with van der Waals surface area (Å²) in [6.45, 7) is 0. The summed E-state index contributed by atoms with van der Waals surface area (Å²) in [5.41, 5.74) is 4.52. The number of nitrogens with one attached hydrogen (secondary N) is 2. The number of hydrogen-bond donors (Lipinski definition) is 2. The van der Waals surface area contributed by atoms with E-state index in [2.05, 4.69) is 20.6 Å². The zero-order valence-electron chi connectivity index (χ0n) is 14.8. The number of amides is 2. The van der Waals surface area contributed by atoms with Crippen molar-refractivity contribution in [2.24, 2.45) is 0 Å². The lowest BCUT2D eigenvalue weighted by Gasteiger charge is -2.17. The molecule has 2 amide bonds. The summed E-state index contributed by atoms with van der Waals surface area (Å²) in [5, 5.41) is 8.09. The molecule has 8 nitrogen and oxygen atoms in total. The van der Waals surface area contributed by atoms with Gasteiger partial charge >= 0.3 is 0 Å². The van der Waals surface area contributed by atoms with Crippen LogP contribution in [0.5, 0.6) is 5.75 Å². The maximum Gasteiger partial charge on any atom is 0.297 e. The molecule has 0 fully saturated rings. The summed E-state index contributed by atoms with van der Waals surface area (Å²) in [6.07, 6.45) is 3.39. The highest BCUT2D eigenvalue weighted by Crippen LogP contribution is 2.17. The Bertz CT molecular complexity index is 910. The van der Waals surface area contributed by atoms with Gasteiger partial charge < -0.3 is 4.74 Å². The lowest BCUT2D eigenvalue weighted by atomic mass is 10.1. The number of aromatic amines is 1. The van der Waals surface area contributed by atoms with Crippen LogP contribution in [0, 0.1) is 0 Å². The average molecular weight is 365 g/mol. The molecule has 8 heteroatoms. The van der Waals surface area contributed by atoms with Crippen molar-refractivity contribution < 1.29 is 14.3 Å². The second-order valence-electron chi connectivity index (χ2n) is 5.71. The highest BCUT2D eigenvalue weighted by molar-refractivity contribution is 6.04. The smallest absolute Gasteiger partial charge is 0.297 e. The minimum Gasteiger partial charge on any atom is -0.497 e. The first-order valence-electron chi connectivity index (χ1n) is 8.34. The van der Waals surface area contributed by atoms with E-state index < -0.39 is 5.91 Å². The monoisotopic (exact) mass is 365 g/mol. The quantitative estimate of drug-likeness (QED) is 0.469. The van der Waals surface area contributed by atoms with Crippen LogP contribution in [-0.4, -0.2) is 34.6 Å². The Morgan fingerprint density at radius 3 is 2.85 bits per heavy atom. The third-order valence-corrected chi connectivity index (χ3v) is 3.93. The summed E-state index contributed by atoms with van der Waals surface area (Å²) in [5.74, 6) is 0.618. The zero-order chi connectivity index (χ0) is 19.1. The van der Waals surface area contributed by atoms with Crippen molar-refractivity contribution >= 4 is 18.1 Å². The number of nitrogens with zero attached hydrogens (tertiary/aromatic N) is 3. The number of carbonyl (C=O) groups excluding carboxylic acids is 2. The van der Waals surface area contributed by atoms with Gasteiger partial charge in [0.25, 0.3) is 5.91 Å². The second-order valence-corrected chi connectivity index (χ2v) is 5.71. The van der Waals surface area contributed by atoms with Gasteiger partial charge in [-0.1, -0.05) is 18.2 Å². The maximum absolute atomic E-state index is 12.6. The van der Waals surface area contributed by atoms with Gasteiger partial charge in [-0.2, -0.15) is 10.1 Å². The Labute approximate surface area is 156 Å². The number of methoxy groups -OCH3 is 1. The molecule has 0 aliphatic rings. The first-order chi connectivity index (χ1) is 13.2. The van der Waals surface area contributed by atoms with Crippen LogP contribution in [0.25, 0.3) is 0 Å². The van der Waals surface area contributed by atoms with Crippen LogP contribution in [0.3, 0.4) is 0 Å². The minimum absolute atomic E-state index is 0.202. The predicted molar refractivity (Wildman–Crippen MR) is 99.2 cm³/mol. The Kier molecular flexibility index (Phi) is 5.78. The number of anilines is 1. The third kappa shape index (κ3) is 4.49. The number of aryl methyl sites for hydroxylation is 2. The molecule has 2 N–H and O–H groups in total. The number of rotatable bonds is 8. The molecule has 1 aromatic carbocycles. The fourth-order valence-corrected chi connectivity index (χ4v) is 2.58. The molecule has 3 rings (SSSR count). The van der Waals surface area contributed by atoms with Crippen molar-refractivity contribution in [3.8, 4) is 5.75 Å². The molecule has 0 aliphatic heterocycles. The van der Waals surface area contributed by atoms with Gasteiger partial charge in [0.15, 0.2) is 5.82 Å². The van der Waals surface area contributed by atoms with Crippen LogP contribution in [0.15, 0.2) is 54.7 Å². The standard InChI is InChI=1S/C19H19N5O3/c1-27-16-6-4-5-14(11-16)8-9-15-12-18(23-22-15)24(21-13-25)19(26)17-7-2-3-10-20-17/h2-7,10-13H,8-9H2,1H3,(H,21,25)(H,22,23). The minimum atomic E-state index is -0.478. The number of carbonyl (C=O) groups is 2. The van der Waals surface area contributed by atoms with Gasteiger partial charge in [-0.3, -0.25) is 25.1 Å². The number of hydrogen-bond acceptors (Lipinski definition) is 5. The van der Waals surface area contributed by atoms with Crippen molar-refractivity contribution in [1.82, 2.24) is 20.6 Å². The van der Waals surface area contributed by atoms with E-state index in [9.17, 15) is 9.59 Å². The highest BCUT2D eigenvalue weighted by Gasteiger charge is 2.21. The molecule has 0 unspecified atom stereocenters. The van der Waals surface area contributed by atoms with E-state index in [0.29, 0.717) is 18.6 Å². The molecule has 0 saturated heterocycles. The topological polar surface area (TPSA) is 100 Å².